The van der Waals surface area contributed by atoms with E-state index in [-0.39, 0.29) is 5.82 Å². The molecule has 0 unspecified atom stereocenters. The molecule has 3 nitrogen and oxygen atoms in total. The second kappa shape index (κ2) is 5.72. The molecule has 0 spiro atoms. The van der Waals surface area contributed by atoms with Crippen LogP contribution >= 0.6 is 11.8 Å². The van der Waals surface area contributed by atoms with E-state index in [4.69, 9.17) is 5.73 Å². The first-order chi connectivity index (χ1) is 8.24. The van der Waals surface area contributed by atoms with Crippen LogP contribution in [0.25, 0.3) is 0 Å². The van der Waals surface area contributed by atoms with Crippen LogP contribution in [0.5, 0.6) is 0 Å². The lowest BCUT2D eigenvalue weighted by Gasteiger charge is -2.02. The number of benzene rings is 1. The molecule has 0 bridgehead atoms. The van der Waals surface area contributed by atoms with Crippen molar-refractivity contribution in [3.63, 3.8) is 0 Å². The number of hydrogen-bond donors (Lipinski definition) is 1. The highest BCUT2D eigenvalue weighted by Crippen LogP contribution is 2.19. The van der Waals surface area contributed by atoms with Crippen molar-refractivity contribution in [3.8, 4) is 0 Å². The number of hydrogen-bond acceptors (Lipinski definition) is 3. The molecule has 1 aromatic heterocycles. The molecule has 2 N–H and O–H groups in total. The summed E-state index contributed by atoms with van der Waals surface area (Å²) in [4.78, 5) is 0.963. The number of thioether (sulfide) groups is 1. The number of nitrogens with two attached hydrogens (primary N) is 1. The standard InChI is InChI=1S/C12H14FN3S/c13-10-3-1-4-11(9-10)17-8-2-6-16-7-5-12(14)15-16/h1,3-5,7,9H,2,6,8H2,(H2,14,15). The van der Waals surface area contributed by atoms with E-state index in [0.717, 1.165) is 23.6 Å². The summed E-state index contributed by atoms with van der Waals surface area (Å²) >= 11 is 1.65. The molecular weight excluding hydrogens is 237 g/mol. The molecule has 17 heavy (non-hydrogen) atoms. The summed E-state index contributed by atoms with van der Waals surface area (Å²) in [6, 6.07) is 8.43. The Labute approximate surface area is 104 Å². The summed E-state index contributed by atoms with van der Waals surface area (Å²) in [5.41, 5.74) is 5.51. The van der Waals surface area contributed by atoms with Crippen LogP contribution in [0.1, 0.15) is 6.42 Å². The van der Waals surface area contributed by atoms with Crippen molar-refractivity contribution in [1.82, 2.24) is 9.78 Å². The Bertz CT molecular complexity index is 484. The first-order valence-electron chi connectivity index (χ1n) is 5.41. The highest BCUT2D eigenvalue weighted by molar-refractivity contribution is 7.99. The molecule has 2 rings (SSSR count). The van der Waals surface area contributed by atoms with Gasteiger partial charge in [-0.05, 0) is 36.4 Å². The van der Waals surface area contributed by atoms with Crippen LogP contribution in [0.15, 0.2) is 41.4 Å². The van der Waals surface area contributed by atoms with Gasteiger partial charge in [-0.3, -0.25) is 4.68 Å². The molecule has 1 aromatic carbocycles. The fraction of sp³-hybridized carbons (Fsp3) is 0.250. The third kappa shape index (κ3) is 3.78. The lowest BCUT2D eigenvalue weighted by Crippen LogP contribution is -2.00. The van der Waals surface area contributed by atoms with Gasteiger partial charge < -0.3 is 5.73 Å². The number of halogens is 1. The predicted octanol–water partition coefficient (Wildman–Crippen LogP) is 2.79. The Morgan fingerprint density at radius 2 is 2.24 bits per heavy atom. The van der Waals surface area contributed by atoms with Crippen molar-refractivity contribution >= 4 is 17.6 Å². The van der Waals surface area contributed by atoms with E-state index in [1.165, 1.54) is 6.07 Å². The van der Waals surface area contributed by atoms with Gasteiger partial charge in [0, 0.05) is 17.6 Å². The first-order valence-corrected chi connectivity index (χ1v) is 6.40. The van der Waals surface area contributed by atoms with Gasteiger partial charge in [0.05, 0.1) is 0 Å². The van der Waals surface area contributed by atoms with Gasteiger partial charge in [-0.25, -0.2) is 4.39 Å². The normalized spacial score (nSPS) is 10.6. The zero-order valence-corrected chi connectivity index (χ0v) is 10.2. The van der Waals surface area contributed by atoms with Gasteiger partial charge in [0.25, 0.3) is 0 Å². The van der Waals surface area contributed by atoms with Crippen molar-refractivity contribution < 1.29 is 4.39 Å². The van der Waals surface area contributed by atoms with Crippen molar-refractivity contribution in [1.29, 1.82) is 0 Å². The number of aryl methyl sites for hydroxylation is 1. The number of aromatic nitrogens is 2. The van der Waals surface area contributed by atoms with E-state index in [1.54, 1.807) is 30.0 Å². The zero-order chi connectivity index (χ0) is 12.1. The van der Waals surface area contributed by atoms with Gasteiger partial charge in [0.1, 0.15) is 11.6 Å². The van der Waals surface area contributed by atoms with E-state index >= 15 is 0 Å². The summed E-state index contributed by atoms with van der Waals surface area (Å²) in [5, 5.41) is 4.09. The van der Waals surface area contributed by atoms with E-state index in [9.17, 15) is 4.39 Å². The number of rotatable bonds is 5. The molecule has 0 aliphatic heterocycles. The van der Waals surface area contributed by atoms with E-state index in [1.807, 2.05) is 16.9 Å². The van der Waals surface area contributed by atoms with Crippen molar-refractivity contribution in [3.05, 3.63) is 42.3 Å². The van der Waals surface area contributed by atoms with Crippen LogP contribution in [0.4, 0.5) is 10.2 Å². The highest BCUT2D eigenvalue weighted by atomic mass is 32.2. The Morgan fingerprint density at radius 1 is 1.35 bits per heavy atom. The lowest BCUT2D eigenvalue weighted by molar-refractivity contribution is 0.608. The second-order valence-corrected chi connectivity index (χ2v) is 4.83. The molecule has 0 fully saturated rings. The maximum atomic E-state index is 12.9. The van der Waals surface area contributed by atoms with E-state index in [0.29, 0.717) is 5.82 Å². The van der Waals surface area contributed by atoms with Crippen molar-refractivity contribution in [2.24, 2.45) is 0 Å². The Kier molecular flexibility index (Phi) is 4.03. The quantitative estimate of drug-likeness (QED) is 0.656. The van der Waals surface area contributed by atoms with Crippen LogP contribution in [0.3, 0.4) is 0 Å². The molecule has 0 saturated carbocycles. The second-order valence-electron chi connectivity index (χ2n) is 3.66. The molecule has 0 amide bonds. The minimum absolute atomic E-state index is 0.185. The molecule has 2 aromatic rings. The lowest BCUT2D eigenvalue weighted by atomic mass is 10.4. The molecule has 5 heteroatoms. The Hall–Kier alpha value is -1.49. The third-order valence-electron chi connectivity index (χ3n) is 2.26. The monoisotopic (exact) mass is 251 g/mol. The maximum absolute atomic E-state index is 12.9. The molecule has 90 valence electrons. The van der Waals surface area contributed by atoms with Crippen molar-refractivity contribution in [2.45, 2.75) is 17.9 Å². The highest BCUT2D eigenvalue weighted by Gasteiger charge is 1.98. The largest absolute Gasteiger partial charge is 0.382 e. The summed E-state index contributed by atoms with van der Waals surface area (Å²) in [7, 11) is 0. The molecule has 0 aliphatic carbocycles. The Balaban J connectivity index is 1.73. The minimum Gasteiger partial charge on any atom is -0.382 e. The van der Waals surface area contributed by atoms with Gasteiger partial charge in [0.2, 0.25) is 0 Å². The average Bonchev–Trinajstić information content (AvgIpc) is 2.71. The summed E-state index contributed by atoms with van der Waals surface area (Å²) in [6.07, 6.45) is 2.84. The molecule has 0 aliphatic rings. The minimum atomic E-state index is -0.185. The number of nitrogen functional groups attached to an aromatic ring is 1. The average molecular weight is 251 g/mol. The van der Waals surface area contributed by atoms with Crippen LogP contribution in [0, 0.1) is 5.82 Å². The van der Waals surface area contributed by atoms with Crippen molar-refractivity contribution in [2.75, 3.05) is 11.5 Å². The first kappa shape index (κ1) is 12.0. The molecule has 0 saturated heterocycles. The predicted molar refractivity (Wildman–Crippen MR) is 68.4 cm³/mol. The molecule has 1 heterocycles. The zero-order valence-electron chi connectivity index (χ0n) is 9.34. The molecule has 0 atom stereocenters. The molecular formula is C12H14FN3S. The third-order valence-corrected chi connectivity index (χ3v) is 3.34. The number of anilines is 1. The summed E-state index contributed by atoms with van der Waals surface area (Å²) < 4.78 is 14.7. The fourth-order valence-electron chi connectivity index (χ4n) is 1.48. The molecule has 0 radical (unpaired) electrons. The van der Waals surface area contributed by atoms with Gasteiger partial charge >= 0.3 is 0 Å². The van der Waals surface area contributed by atoms with Gasteiger partial charge in [-0.15, -0.1) is 11.8 Å². The number of nitrogens with zero attached hydrogens (tertiary/aromatic N) is 2. The summed E-state index contributed by atoms with van der Waals surface area (Å²) in [5.74, 6) is 1.29. The van der Waals surface area contributed by atoms with E-state index in [2.05, 4.69) is 5.10 Å². The van der Waals surface area contributed by atoms with Crippen LogP contribution < -0.4 is 5.73 Å². The van der Waals surface area contributed by atoms with Crippen LogP contribution in [-0.4, -0.2) is 15.5 Å². The SMILES string of the molecule is Nc1ccn(CCCSc2cccc(F)c2)n1. The topological polar surface area (TPSA) is 43.8 Å². The van der Waals surface area contributed by atoms with E-state index < -0.39 is 0 Å². The van der Waals surface area contributed by atoms with Crippen LogP contribution in [0.2, 0.25) is 0 Å². The fourth-order valence-corrected chi connectivity index (χ4v) is 2.36. The van der Waals surface area contributed by atoms with Gasteiger partial charge in [-0.1, -0.05) is 6.07 Å². The maximum Gasteiger partial charge on any atom is 0.145 e. The Morgan fingerprint density at radius 3 is 2.94 bits per heavy atom. The van der Waals surface area contributed by atoms with Gasteiger partial charge in [-0.2, -0.15) is 5.10 Å². The van der Waals surface area contributed by atoms with Crippen LogP contribution in [-0.2, 0) is 6.54 Å². The van der Waals surface area contributed by atoms with Gasteiger partial charge in [0.15, 0.2) is 0 Å². The summed E-state index contributed by atoms with van der Waals surface area (Å²) in [6.45, 7) is 0.833. The smallest absolute Gasteiger partial charge is 0.145 e.